The third kappa shape index (κ3) is 8.61. The van der Waals surface area contributed by atoms with Crippen LogP contribution in [0.15, 0.2) is 0 Å². The molecule has 0 spiro atoms. The molecular formula is C24H12F38NO4P. The molecule has 0 saturated carbocycles. The number of hydrogen-bond acceptors (Lipinski definition) is 4. The molecule has 0 unspecified atom stereocenters. The Balaban J connectivity index is 3.83. The second-order valence-electron chi connectivity index (χ2n) is 13.0. The molecule has 1 aliphatic heterocycles. The zero-order valence-corrected chi connectivity index (χ0v) is 31.0. The maximum Gasteiger partial charge on any atom is 0.460 e. The van der Waals surface area contributed by atoms with Crippen molar-refractivity contribution in [2.24, 2.45) is 0 Å². The summed E-state index contributed by atoms with van der Waals surface area (Å²) in [6.07, 6.45) is -16.6. The lowest BCUT2D eigenvalue weighted by Crippen LogP contribution is -2.76. The van der Waals surface area contributed by atoms with E-state index in [1.54, 1.807) is 0 Å². The topological polar surface area (TPSA) is 48.0 Å². The van der Waals surface area contributed by atoms with Crippen molar-refractivity contribution in [1.29, 1.82) is 0 Å². The molecule has 1 saturated heterocycles. The molecule has 0 aromatic rings. The molecule has 0 aliphatic carbocycles. The number of rotatable bonds is 21. The summed E-state index contributed by atoms with van der Waals surface area (Å²) in [6.45, 7) is -15.0. The van der Waals surface area contributed by atoms with Crippen molar-refractivity contribution >= 4 is 7.75 Å². The van der Waals surface area contributed by atoms with Crippen LogP contribution in [0.5, 0.6) is 0 Å². The minimum Gasteiger partial charge on any atom is -0.379 e. The minimum atomic E-state index is -9.54. The van der Waals surface area contributed by atoms with Crippen molar-refractivity contribution in [3.63, 3.8) is 0 Å². The predicted molar refractivity (Wildman–Crippen MR) is 133 cm³/mol. The first-order valence-corrected chi connectivity index (χ1v) is 16.9. The van der Waals surface area contributed by atoms with Crippen LogP contribution in [0.25, 0.3) is 0 Å². The van der Waals surface area contributed by atoms with Gasteiger partial charge in [0.1, 0.15) is 13.2 Å². The number of nitrogens with zero attached hydrogens (tertiary/aromatic N) is 1. The van der Waals surface area contributed by atoms with Crippen molar-refractivity contribution in [3.8, 4) is 0 Å². The van der Waals surface area contributed by atoms with Crippen LogP contribution in [0.1, 0.15) is 0 Å². The van der Waals surface area contributed by atoms with E-state index in [-0.39, 0.29) is 0 Å². The Morgan fingerprint density at radius 1 is 0.309 bits per heavy atom. The van der Waals surface area contributed by atoms with Gasteiger partial charge in [0.15, 0.2) is 0 Å². The monoisotopic (exact) mass is 1130 g/mol. The second-order valence-corrected chi connectivity index (χ2v) is 15.0. The highest BCUT2D eigenvalue weighted by Crippen LogP contribution is 2.68. The third-order valence-corrected chi connectivity index (χ3v) is 10.5. The molecule has 68 heavy (non-hydrogen) atoms. The van der Waals surface area contributed by atoms with Crippen molar-refractivity contribution in [3.05, 3.63) is 0 Å². The molecule has 1 heterocycles. The smallest absolute Gasteiger partial charge is 0.379 e. The maximum absolute atomic E-state index is 14.5. The number of ether oxygens (including phenoxy) is 1. The summed E-state index contributed by atoms with van der Waals surface area (Å²) in [5.41, 5.74) is 0. The largest absolute Gasteiger partial charge is 0.460 e. The Bertz CT molecular complexity index is 1710. The molecule has 0 aromatic carbocycles. The average Bonchev–Trinajstić information content (AvgIpc) is 3.14. The predicted octanol–water partition coefficient (Wildman–Crippen LogP) is 12.7. The van der Waals surface area contributed by atoms with Crippen LogP contribution in [-0.4, -0.2) is 151 Å². The first-order chi connectivity index (χ1) is 29.0. The van der Waals surface area contributed by atoms with E-state index in [9.17, 15) is 171 Å². The molecule has 0 radical (unpaired) electrons. The molecule has 0 aromatic heterocycles. The first kappa shape index (κ1) is 63.4. The fraction of sp³-hybridized carbons (Fsp3) is 1.00. The van der Waals surface area contributed by atoms with Crippen molar-refractivity contribution in [2.75, 3.05) is 39.5 Å². The van der Waals surface area contributed by atoms with Crippen LogP contribution in [-0.2, 0) is 18.3 Å². The normalized spacial score (nSPS) is 18.4. The molecule has 5 nitrogen and oxygen atoms in total. The van der Waals surface area contributed by atoms with Crippen molar-refractivity contribution in [1.82, 2.24) is 4.67 Å². The quantitative estimate of drug-likeness (QED) is 0.0847. The SMILES string of the molecule is O=P(OCC(F)(F)C(F)(F)C(F)(F)C(F)(F)C(F)(F)C(F)(F)C(F)(F)C(F)(F)C(F)(F)F)(OCC(F)(F)C(F)(F)C(F)(F)C(F)(F)C(F)(F)C(F)(F)C(F)(F)C(F)(F)C(F)(F)F)N1CCOCC1. The molecule has 1 rings (SSSR count). The zero-order chi connectivity index (χ0) is 55.4. The van der Waals surface area contributed by atoms with Crippen LogP contribution in [0, 0.1) is 0 Å². The number of hydrogen-bond donors (Lipinski definition) is 0. The van der Waals surface area contributed by atoms with Gasteiger partial charge in [0.2, 0.25) is 0 Å². The van der Waals surface area contributed by atoms with Crippen LogP contribution in [0.4, 0.5) is 167 Å². The van der Waals surface area contributed by atoms with E-state index < -0.39 is 159 Å². The van der Waals surface area contributed by atoms with E-state index in [1.807, 2.05) is 0 Å². The minimum absolute atomic E-state index is 0.798. The molecule has 44 heteroatoms. The Morgan fingerprint density at radius 3 is 0.676 bits per heavy atom. The number of alkyl halides is 38. The Labute approximate surface area is 345 Å². The summed E-state index contributed by atoms with van der Waals surface area (Å²) in [4.78, 5) is 0. The van der Waals surface area contributed by atoms with E-state index in [0.29, 0.717) is 0 Å². The number of halogens is 38. The summed E-state index contributed by atoms with van der Waals surface area (Å²) in [7, 11) is -7.40. The summed E-state index contributed by atoms with van der Waals surface area (Å²) in [5.74, 6) is -145. The van der Waals surface area contributed by atoms with Crippen molar-refractivity contribution in [2.45, 2.75) is 107 Å². The maximum atomic E-state index is 14.5. The van der Waals surface area contributed by atoms with Crippen LogP contribution < -0.4 is 0 Å². The standard InChI is InChI=1S/C24H12F38NO4P/c25-7(26,9(29,30)11(33,34)13(37,38)15(41,42)17(45,46)19(49,50)21(53,54)23(57,58)59)5-66-68(64,63-1-3-65-4-2-63)67-6-8(27,28)10(31,32)12(35,36)14(39,40)16(43,44)18(47,48)20(51,52)22(55,56)24(60,61)62/h1-6H2. The molecule has 1 aliphatic rings. The fourth-order valence-electron chi connectivity index (χ4n) is 4.29. The third-order valence-electron chi connectivity index (χ3n) is 8.51. The van der Waals surface area contributed by atoms with E-state index in [0.717, 1.165) is 0 Å². The zero-order valence-electron chi connectivity index (χ0n) is 30.1. The van der Waals surface area contributed by atoms with Gasteiger partial charge in [0.25, 0.3) is 0 Å². The van der Waals surface area contributed by atoms with Gasteiger partial charge in [-0.25, -0.2) is 9.24 Å². The summed E-state index contributed by atoms with van der Waals surface area (Å²) in [6, 6.07) is 0. The Morgan fingerprint density at radius 2 is 0.485 bits per heavy atom. The summed E-state index contributed by atoms with van der Waals surface area (Å²) >= 11 is 0. The lowest BCUT2D eigenvalue weighted by Gasteiger charge is -2.44. The van der Waals surface area contributed by atoms with Crippen molar-refractivity contribution < 1.29 is 185 Å². The molecule has 408 valence electrons. The molecule has 0 atom stereocenters. The van der Waals surface area contributed by atoms with Gasteiger partial charge in [-0.2, -0.15) is 167 Å². The van der Waals surface area contributed by atoms with Gasteiger partial charge >= 0.3 is 115 Å². The van der Waals surface area contributed by atoms with Gasteiger partial charge in [-0.15, -0.1) is 0 Å². The van der Waals surface area contributed by atoms with E-state index in [1.165, 1.54) is 0 Å². The highest BCUT2D eigenvalue weighted by atomic mass is 31.2. The van der Waals surface area contributed by atoms with Gasteiger partial charge in [-0.05, 0) is 0 Å². The molecule has 0 N–H and O–H groups in total. The first-order valence-electron chi connectivity index (χ1n) is 15.4. The van der Waals surface area contributed by atoms with Gasteiger partial charge < -0.3 is 4.74 Å². The van der Waals surface area contributed by atoms with E-state index in [2.05, 4.69) is 13.8 Å². The second kappa shape index (κ2) is 17.0. The summed E-state index contributed by atoms with van der Waals surface area (Å²) in [5, 5.41) is 0. The van der Waals surface area contributed by atoms with E-state index in [4.69, 9.17) is 0 Å². The Kier molecular flexibility index (Phi) is 15.9. The van der Waals surface area contributed by atoms with Gasteiger partial charge in [-0.1, -0.05) is 0 Å². The lowest BCUT2D eigenvalue weighted by atomic mass is 9.87. The van der Waals surface area contributed by atoms with Crippen LogP contribution >= 0.6 is 7.75 Å². The van der Waals surface area contributed by atoms with Crippen LogP contribution in [0.2, 0.25) is 0 Å². The van der Waals surface area contributed by atoms with E-state index >= 15 is 0 Å². The lowest BCUT2D eigenvalue weighted by molar-refractivity contribution is -0.469. The molecule has 0 amide bonds. The highest BCUT2D eigenvalue weighted by Gasteiger charge is 2.98. The fourth-order valence-corrected chi connectivity index (χ4v) is 6.00. The molecule has 1 fully saturated rings. The van der Waals surface area contributed by atoms with Gasteiger partial charge in [-0.3, -0.25) is 9.05 Å². The Hall–Kier alpha value is -2.59. The highest BCUT2D eigenvalue weighted by molar-refractivity contribution is 7.51. The summed E-state index contributed by atoms with van der Waals surface area (Å²) < 4.78 is 540. The number of morpholine rings is 1. The molecule has 0 bridgehead atoms. The average molecular weight is 1130 g/mol. The van der Waals surface area contributed by atoms with Crippen LogP contribution in [0.3, 0.4) is 0 Å². The van der Waals surface area contributed by atoms with Gasteiger partial charge in [0.05, 0.1) is 13.2 Å². The van der Waals surface area contributed by atoms with Gasteiger partial charge in [0, 0.05) is 13.1 Å². The molecular weight excluding hydrogens is 1120 g/mol.